The fourth-order valence-corrected chi connectivity index (χ4v) is 1.41. The summed E-state index contributed by atoms with van der Waals surface area (Å²) >= 11 is 0. The minimum absolute atomic E-state index is 0. The monoisotopic (exact) mass is 349 g/mol. The summed E-state index contributed by atoms with van der Waals surface area (Å²) in [6.07, 6.45) is 0.698. The molecule has 0 saturated carbocycles. The second-order valence-corrected chi connectivity index (χ2v) is 4.77. The number of carboxylic acid groups (broad SMARTS) is 1. The largest absolute Gasteiger partial charge is 1.00 e. The molecule has 8 nitrogen and oxygen atoms in total. The van der Waals surface area contributed by atoms with E-state index in [1.807, 2.05) is 0 Å². The Labute approximate surface area is 174 Å². The normalized spacial score (nSPS) is 14.6. The Morgan fingerprint density at radius 3 is 2.57 bits per heavy atom. The van der Waals surface area contributed by atoms with Crippen LogP contribution in [0.5, 0.6) is 11.5 Å². The van der Waals surface area contributed by atoms with Crippen LogP contribution in [0.25, 0.3) is 6.08 Å². The first-order valence-electron chi connectivity index (χ1n) is 6.24. The Bertz CT molecular complexity index is 601. The van der Waals surface area contributed by atoms with E-state index in [1.165, 1.54) is 18.2 Å². The van der Waals surface area contributed by atoms with E-state index >= 15 is 0 Å². The van der Waals surface area contributed by atoms with Gasteiger partial charge in [0, 0.05) is 12.6 Å². The number of carboxylic acids is 1. The zero-order chi connectivity index (χ0) is 16.9. The molecule has 0 fully saturated rings. The number of rotatable bonds is 6. The van der Waals surface area contributed by atoms with Crippen molar-refractivity contribution in [2.45, 2.75) is 18.6 Å². The predicted octanol–water partition coefficient (Wildman–Crippen LogP) is -4.20. The van der Waals surface area contributed by atoms with Crippen molar-refractivity contribution in [1.82, 2.24) is 5.32 Å². The van der Waals surface area contributed by atoms with Crippen LogP contribution in [-0.2, 0) is 9.59 Å². The number of hydrogen-bond donors (Lipinski definition) is 5. The number of aliphatic hydroxyl groups is 2. The maximum absolute atomic E-state index is 11.5. The molecule has 0 heterocycles. The molecule has 0 aliphatic heterocycles. The fraction of sp³-hybridized carbons (Fsp3) is 0.286. The third kappa shape index (κ3) is 6.59. The molecule has 0 bridgehead atoms. The third-order valence-electron chi connectivity index (χ3n) is 2.96. The maximum atomic E-state index is 11.5. The van der Waals surface area contributed by atoms with E-state index < -0.39 is 41.6 Å². The van der Waals surface area contributed by atoms with Crippen molar-refractivity contribution in [3.63, 3.8) is 0 Å². The van der Waals surface area contributed by atoms with Gasteiger partial charge in [-0.1, -0.05) is 17.9 Å². The van der Waals surface area contributed by atoms with Crippen LogP contribution < -0.4 is 61.8 Å². The molecule has 0 aliphatic rings. The molecular formula is C14H16KNO7. The van der Waals surface area contributed by atoms with E-state index in [4.69, 9.17) is 5.11 Å². The third-order valence-corrected chi connectivity index (χ3v) is 2.96. The number of phenolic OH excluding ortho intramolecular Hbond substituents is 1. The van der Waals surface area contributed by atoms with Crippen LogP contribution in [0.15, 0.2) is 24.3 Å². The number of nitrogens with one attached hydrogen (secondary N) is 1. The Kier molecular flexibility index (Phi) is 8.99. The summed E-state index contributed by atoms with van der Waals surface area (Å²) in [4.78, 5) is 22.2. The van der Waals surface area contributed by atoms with E-state index in [2.05, 4.69) is 5.32 Å². The van der Waals surface area contributed by atoms with Crippen LogP contribution in [-0.4, -0.2) is 50.6 Å². The molecule has 2 atom stereocenters. The Morgan fingerprint density at radius 1 is 1.43 bits per heavy atom. The van der Waals surface area contributed by atoms with Gasteiger partial charge in [0.15, 0.2) is 5.60 Å². The zero-order valence-corrected chi connectivity index (χ0v) is 15.8. The summed E-state index contributed by atoms with van der Waals surface area (Å²) in [5.41, 5.74) is -1.97. The fourth-order valence-electron chi connectivity index (χ4n) is 1.41. The number of hydrogen-bond acceptors (Lipinski definition) is 6. The van der Waals surface area contributed by atoms with E-state index in [0.29, 0.717) is 5.56 Å². The quantitative estimate of drug-likeness (QED) is 0.258. The van der Waals surface area contributed by atoms with Gasteiger partial charge in [0.05, 0.1) is 0 Å². The Hall–Kier alpha value is -0.944. The molecule has 0 saturated heterocycles. The number of carbonyl (C=O) groups excluding carboxylic acids is 1. The molecule has 0 aromatic heterocycles. The predicted molar refractivity (Wildman–Crippen MR) is 73.9 cm³/mol. The minimum Gasteiger partial charge on any atom is -0.870 e. The molecule has 23 heavy (non-hydrogen) atoms. The van der Waals surface area contributed by atoms with Crippen LogP contribution >= 0.6 is 0 Å². The van der Waals surface area contributed by atoms with Crippen molar-refractivity contribution in [2.24, 2.45) is 0 Å². The molecule has 1 amide bonds. The molecule has 0 spiro atoms. The van der Waals surface area contributed by atoms with Gasteiger partial charge >= 0.3 is 57.4 Å². The van der Waals surface area contributed by atoms with Crippen LogP contribution in [0, 0.1) is 0 Å². The number of amides is 1. The second kappa shape index (κ2) is 9.38. The standard InChI is InChI=1S/C14H17NO7.K/c1-14(22,13(20)21)11(18)7-15-12(19)5-3-8-2-4-9(16)10(17)6-8;/h2-6,11,16-18,22H,7H2,1H3,(H,15,19)(H,20,21);/q;+1/p-1/b5-3-;/t11-,14-;/m0./s1. The number of aliphatic carboxylic acids is 1. The van der Waals surface area contributed by atoms with Gasteiger partial charge in [-0.2, -0.15) is 0 Å². The number of phenols is 1. The van der Waals surface area contributed by atoms with Crippen molar-refractivity contribution in [1.29, 1.82) is 0 Å². The van der Waals surface area contributed by atoms with Crippen molar-refractivity contribution in [3.05, 3.63) is 29.8 Å². The van der Waals surface area contributed by atoms with Gasteiger partial charge in [0.1, 0.15) is 11.9 Å². The molecule has 120 valence electrons. The summed E-state index contributed by atoms with van der Waals surface area (Å²) in [5.74, 6) is -3.25. The summed E-state index contributed by atoms with van der Waals surface area (Å²) in [7, 11) is 0. The van der Waals surface area contributed by atoms with Crippen molar-refractivity contribution in [2.75, 3.05) is 6.54 Å². The van der Waals surface area contributed by atoms with E-state index in [9.17, 15) is 30.0 Å². The first-order chi connectivity index (χ1) is 10.1. The smallest absolute Gasteiger partial charge is 0.870 e. The van der Waals surface area contributed by atoms with Gasteiger partial charge in [-0.05, 0) is 24.6 Å². The molecule has 0 unspecified atom stereocenters. The maximum Gasteiger partial charge on any atom is 1.00 e. The SMILES string of the molecule is C[C@@](O)(C(=O)O)[C@@H](O)CNC(=O)/C=C\c1ccc([O-])c(O)c1.[K+]. The van der Waals surface area contributed by atoms with Gasteiger partial charge in [0.2, 0.25) is 5.91 Å². The van der Waals surface area contributed by atoms with Crippen LogP contribution in [0.2, 0.25) is 0 Å². The summed E-state index contributed by atoms with van der Waals surface area (Å²) in [5, 5.41) is 50.1. The van der Waals surface area contributed by atoms with Crippen LogP contribution in [0.4, 0.5) is 0 Å². The van der Waals surface area contributed by atoms with Gasteiger partial charge in [-0.15, -0.1) is 0 Å². The number of aliphatic hydroxyl groups excluding tert-OH is 1. The van der Waals surface area contributed by atoms with Gasteiger partial charge in [0.25, 0.3) is 0 Å². The van der Waals surface area contributed by atoms with Gasteiger partial charge in [-0.3, -0.25) is 4.79 Å². The van der Waals surface area contributed by atoms with E-state index in [-0.39, 0.29) is 51.4 Å². The zero-order valence-electron chi connectivity index (χ0n) is 12.7. The van der Waals surface area contributed by atoms with Crippen molar-refractivity contribution < 1.29 is 86.5 Å². The topological polar surface area (TPSA) is 150 Å². The minimum atomic E-state index is -2.38. The molecule has 0 radical (unpaired) electrons. The first-order valence-corrected chi connectivity index (χ1v) is 6.24. The molecule has 1 aromatic carbocycles. The Balaban J connectivity index is 0.00000484. The van der Waals surface area contributed by atoms with Gasteiger partial charge in [-0.25, -0.2) is 4.79 Å². The number of aromatic hydroxyl groups is 1. The summed E-state index contributed by atoms with van der Waals surface area (Å²) < 4.78 is 0. The molecule has 9 heteroatoms. The van der Waals surface area contributed by atoms with Crippen LogP contribution in [0.3, 0.4) is 0 Å². The first kappa shape index (κ1) is 22.1. The molecular weight excluding hydrogens is 333 g/mol. The Morgan fingerprint density at radius 2 is 2.04 bits per heavy atom. The molecule has 1 aromatic rings. The summed E-state index contributed by atoms with van der Waals surface area (Å²) in [6, 6.07) is 3.72. The van der Waals surface area contributed by atoms with Gasteiger partial charge < -0.3 is 30.8 Å². The molecule has 0 aliphatic carbocycles. The number of benzene rings is 1. The van der Waals surface area contributed by atoms with Crippen molar-refractivity contribution >= 4 is 18.0 Å². The summed E-state index contributed by atoms with van der Waals surface area (Å²) in [6.45, 7) is 0.447. The van der Waals surface area contributed by atoms with E-state index in [0.717, 1.165) is 19.1 Å². The number of carbonyl (C=O) groups is 2. The van der Waals surface area contributed by atoms with Crippen LogP contribution in [0.1, 0.15) is 12.5 Å². The average Bonchev–Trinajstić information content (AvgIpc) is 2.45. The molecule has 1 rings (SSSR count). The van der Waals surface area contributed by atoms with Crippen molar-refractivity contribution in [3.8, 4) is 11.5 Å². The van der Waals surface area contributed by atoms with E-state index in [1.54, 1.807) is 0 Å². The second-order valence-electron chi connectivity index (χ2n) is 4.77. The average molecular weight is 349 g/mol. The molecule has 5 N–H and O–H groups in total.